The van der Waals surface area contributed by atoms with Crippen molar-refractivity contribution < 1.29 is 19.1 Å². The third kappa shape index (κ3) is 8.04. The summed E-state index contributed by atoms with van der Waals surface area (Å²) in [6, 6.07) is 6.61. The Balaban J connectivity index is 0.00000533. The van der Waals surface area contributed by atoms with Crippen LogP contribution in [0, 0.1) is 5.92 Å². The van der Waals surface area contributed by atoms with Crippen LogP contribution < -0.4 is 21.7 Å². The minimum Gasteiger partial charge on any atom is -0.468 e. The number of amides is 2. The summed E-state index contributed by atoms with van der Waals surface area (Å²) in [5, 5.41) is 9.88. The molecule has 39 heavy (non-hydrogen) atoms. The van der Waals surface area contributed by atoms with Crippen LogP contribution >= 0.6 is 35.5 Å². The second kappa shape index (κ2) is 13.4. The van der Waals surface area contributed by atoms with Crippen LogP contribution in [0.5, 0.6) is 0 Å². The Morgan fingerprint density at radius 3 is 2.46 bits per heavy atom. The summed E-state index contributed by atoms with van der Waals surface area (Å²) in [5.74, 6) is -1.05. The molecule has 0 saturated carbocycles. The highest BCUT2D eigenvalue weighted by Crippen LogP contribution is 2.40. The van der Waals surface area contributed by atoms with E-state index in [-0.39, 0.29) is 36.7 Å². The van der Waals surface area contributed by atoms with Crippen molar-refractivity contribution in [3.63, 3.8) is 0 Å². The molecular formula is C26H35ClN6O4S2. The predicted octanol–water partition coefficient (Wildman–Crippen LogP) is 4.34. The number of rotatable bonds is 9. The van der Waals surface area contributed by atoms with Crippen molar-refractivity contribution in [3.8, 4) is 11.3 Å². The van der Waals surface area contributed by atoms with Gasteiger partial charge in [-0.3, -0.25) is 19.7 Å². The average molecular weight is 595 g/mol. The maximum Gasteiger partial charge on any atom is 0.323 e. The van der Waals surface area contributed by atoms with Gasteiger partial charge in [-0.15, -0.1) is 23.7 Å². The van der Waals surface area contributed by atoms with E-state index in [0.717, 1.165) is 0 Å². The first-order valence-corrected chi connectivity index (χ1v) is 14.1. The van der Waals surface area contributed by atoms with Gasteiger partial charge in [-0.25, -0.2) is 9.97 Å². The van der Waals surface area contributed by atoms with Crippen LogP contribution in [0.15, 0.2) is 29.4 Å². The van der Waals surface area contributed by atoms with Crippen LogP contribution in [0.25, 0.3) is 21.5 Å². The fourth-order valence-corrected chi connectivity index (χ4v) is 5.15. The number of hydrogen-bond donors (Lipinski definition) is 4. The molecule has 0 unspecified atom stereocenters. The number of thiophene rings is 1. The molecule has 0 aliphatic heterocycles. The number of nitrogens with two attached hydrogens (primary N) is 1. The van der Waals surface area contributed by atoms with E-state index >= 15 is 0 Å². The zero-order valence-electron chi connectivity index (χ0n) is 23.0. The number of anilines is 2. The number of carbonyl (C=O) groups is 3. The van der Waals surface area contributed by atoms with Crippen LogP contribution in [-0.4, -0.2) is 59.2 Å². The molecule has 2 amide bonds. The summed E-state index contributed by atoms with van der Waals surface area (Å²) in [4.78, 5) is 47.8. The molecule has 0 fully saturated rings. The normalized spacial score (nSPS) is 12.1. The molecule has 1 aromatic carbocycles. The highest BCUT2D eigenvalue weighted by atomic mass is 35.5. The van der Waals surface area contributed by atoms with E-state index in [1.807, 2.05) is 46.9 Å². The summed E-state index contributed by atoms with van der Waals surface area (Å²) in [7, 11) is 1.32. The molecule has 0 radical (unpaired) electrons. The van der Waals surface area contributed by atoms with E-state index in [4.69, 9.17) is 15.5 Å². The van der Waals surface area contributed by atoms with E-state index in [2.05, 4.69) is 20.9 Å². The first-order chi connectivity index (χ1) is 17.8. The van der Waals surface area contributed by atoms with Crippen molar-refractivity contribution in [1.29, 1.82) is 0 Å². The Bertz CT molecular complexity index is 1360. The first-order valence-electron chi connectivity index (χ1n) is 12.0. The number of ether oxygens (including phenoxy) is 1. The third-order valence-corrected chi connectivity index (χ3v) is 7.12. The lowest BCUT2D eigenvalue weighted by molar-refractivity contribution is -0.144. The van der Waals surface area contributed by atoms with E-state index in [9.17, 15) is 14.4 Å². The molecule has 13 heteroatoms. The van der Waals surface area contributed by atoms with Crippen LogP contribution in [-0.2, 0) is 14.3 Å². The first kappa shape index (κ1) is 32.3. The summed E-state index contributed by atoms with van der Waals surface area (Å²) >= 11 is 2.61. The zero-order chi connectivity index (χ0) is 28.2. The molecule has 2 heterocycles. The molecular weight excluding hydrogens is 560 g/mol. The number of nitrogen functional groups attached to an aromatic ring is 1. The van der Waals surface area contributed by atoms with Crippen LogP contribution in [0.1, 0.15) is 44.3 Å². The molecule has 3 aromatic rings. The van der Waals surface area contributed by atoms with Gasteiger partial charge in [0.25, 0.3) is 5.91 Å². The van der Waals surface area contributed by atoms with E-state index < -0.39 is 17.6 Å². The maximum absolute atomic E-state index is 12.9. The largest absolute Gasteiger partial charge is 0.468 e. The molecule has 1 atom stereocenters. The number of thioether (sulfide) groups is 1. The number of nitrogens with one attached hydrogen (secondary N) is 3. The van der Waals surface area contributed by atoms with E-state index in [1.165, 1.54) is 30.2 Å². The third-order valence-electron chi connectivity index (χ3n) is 5.47. The van der Waals surface area contributed by atoms with Gasteiger partial charge < -0.3 is 21.1 Å². The lowest BCUT2D eigenvalue weighted by Gasteiger charge is -2.20. The summed E-state index contributed by atoms with van der Waals surface area (Å²) in [6.07, 6.45) is 1.87. The van der Waals surface area contributed by atoms with Gasteiger partial charge >= 0.3 is 5.97 Å². The fourth-order valence-electron chi connectivity index (χ4n) is 3.74. The number of fused-ring (bicyclic) bond motifs is 1. The number of esters is 1. The summed E-state index contributed by atoms with van der Waals surface area (Å²) in [5.41, 5.74) is 8.20. The molecule has 0 saturated heterocycles. The Morgan fingerprint density at radius 1 is 1.18 bits per heavy atom. The predicted molar refractivity (Wildman–Crippen MR) is 161 cm³/mol. The van der Waals surface area contributed by atoms with Gasteiger partial charge in [0.1, 0.15) is 15.7 Å². The lowest BCUT2D eigenvalue weighted by Crippen LogP contribution is -2.45. The quantitative estimate of drug-likeness (QED) is 0.161. The van der Waals surface area contributed by atoms with E-state index in [1.54, 1.807) is 18.2 Å². The molecule has 0 bridgehead atoms. The standard InChI is InChI=1S/C26H34N6O4S2.ClH/c1-13(2)19(24(35)36-6)28-12-16(33)29-15-10-8-9-14(11-15)20-17-18(27)21(22(34)32-26(3,4)5)38-23(17)31-25(30-20)37-7;/h8-11,13,19,28H,12,27H2,1-7H3,(H,29,33)(H,32,34);1H/t19-;/m1./s1. The highest BCUT2D eigenvalue weighted by molar-refractivity contribution is 7.98. The monoisotopic (exact) mass is 594 g/mol. The fraction of sp³-hybridized carbons (Fsp3) is 0.423. The summed E-state index contributed by atoms with van der Waals surface area (Å²) in [6.45, 7) is 9.38. The van der Waals surface area contributed by atoms with Crippen LogP contribution in [0.2, 0.25) is 0 Å². The molecule has 5 N–H and O–H groups in total. The zero-order valence-corrected chi connectivity index (χ0v) is 25.5. The van der Waals surface area contributed by atoms with Crippen molar-refractivity contribution >= 4 is 74.9 Å². The van der Waals surface area contributed by atoms with Gasteiger partial charge in [-0.1, -0.05) is 37.7 Å². The van der Waals surface area contributed by atoms with Gasteiger partial charge in [0, 0.05) is 16.8 Å². The maximum atomic E-state index is 12.9. The molecule has 212 valence electrons. The number of carbonyl (C=O) groups excluding carboxylic acids is 3. The lowest BCUT2D eigenvalue weighted by atomic mass is 10.0. The number of methoxy groups -OCH3 is 1. The molecule has 2 aromatic heterocycles. The van der Waals surface area contributed by atoms with Crippen LogP contribution in [0.3, 0.4) is 0 Å². The minimum atomic E-state index is -0.595. The number of benzene rings is 1. The Hall–Kier alpha value is -2.93. The number of nitrogens with zero attached hydrogens (tertiary/aromatic N) is 2. The van der Waals surface area contributed by atoms with Crippen molar-refractivity contribution in [2.75, 3.05) is 31.0 Å². The van der Waals surface area contributed by atoms with Crippen LogP contribution in [0.4, 0.5) is 11.4 Å². The minimum absolute atomic E-state index is 0. The number of aromatic nitrogens is 2. The topological polar surface area (TPSA) is 148 Å². The Kier molecular flexibility index (Phi) is 11.1. The van der Waals surface area contributed by atoms with Gasteiger partial charge in [0.15, 0.2) is 5.16 Å². The van der Waals surface area contributed by atoms with Gasteiger partial charge in [0.2, 0.25) is 5.91 Å². The number of halogens is 1. The van der Waals surface area contributed by atoms with Crippen molar-refractivity contribution in [1.82, 2.24) is 20.6 Å². The van der Waals surface area contributed by atoms with Crippen molar-refractivity contribution in [2.45, 2.75) is 51.4 Å². The van der Waals surface area contributed by atoms with Gasteiger partial charge in [-0.05, 0) is 45.1 Å². The second-order valence-electron chi connectivity index (χ2n) is 10.0. The number of hydrogen-bond acceptors (Lipinski definition) is 10. The second-order valence-corrected chi connectivity index (χ2v) is 11.8. The SMILES string of the molecule is COC(=O)[C@H](NCC(=O)Nc1cccc(-c2nc(SC)nc3sc(C(=O)NC(C)(C)C)c(N)c23)c1)C(C)C.Cl. The summed E-state index contributed by atoms with van der Waals surface area (Å²) < 4.78 is 4.81. The molecule has 0 aliphatic rings. The highest BCUT2D eigenvalue weighted by Gasteiger charge is 2.25. The Labute approximate surface area is 242 Å². The molecule has 0 spiro atoms. The average Bonchev–Trinajstić information content (AvgIpc) is 3.18. The molecule has 3 rings (SSSR count). The van der Waals surface area contributed by atoms with E-state index in [0.29, 0.717) is 42.9 Å². The van der Waals surface area contributed by atoms with Crippen molar-refractivity contribution in [2.24, 2.45) is 5.92 Å². The molecule has 10 nitrogen and oxygen atoms in total. The van der Waals surface area contributed by atoms with Crippen molar-refractivity contribution in [3.05, 3.63) is 29.1 Å². The van der Waals surface area contributed by atoms with Gasteiger partial charge in [0.05, 0.1) is 30.4 Å². The van der Waals surface area contributed by atoms with Gasteiger partial charge in [-0.2, -0.15) is 0 Å². The Morgan fingerprint density at radius 2 is 1.87 bits per heavy atom. The smallest absolute Gasteiger partial charge is 0.323 e. The molecule has 0 aliphatic carbocycles.